The molecular formula is C15H17ClFN3O2S. The van der Waals surface area contributed by atoms with Gasteiger partial charge in [0.05, 0.1) is 16.1 Å². The van der Waals surface area contributed by atoms with Crippen LogP contribution in [0.2, 0.25) is 5.02 Å². The molecule has 1 aliphatic heterocycles. The zero-order chi connectivity index (χ0) is 16.6. The predicted octanol–water partition coefficient (Wildman–Crippen LogP) is 3.08. The Kier molecular flexibility index (Phi) is 4.44. The Morgan fingerprint density at radius 1 is 1.43 bits per heavy atom. The summed E-state index contributed by atoms with van der Waals surface area (Å²) in [5, 5.41) is 6.78. The van der Waals surface area contributed by atoms with E-state index in [9.17, 15) is 12.8 Å². The molecule has 1 saturated heterocycles. The molecule has 0 unspecified atom stereocenters. The minimum Gasteiger partial charge on any atom is -0.282 e. The molecule has 1 atom stereocenters. The first kappa shape index (κ1) is 16.4. The molecule has 0 amide bonds. The van der Waals surface area contributed by atoms with Crippen molar-refractivity contribution in [3.05, 3.63) is 46.5 Å². The van der Waals surface area contributed by atoms with Crippen LogP contribution in [0.15, 0.2) is 29.3 Å². The van der Waals surface area contributed by atoms with Crippen molar-refractivity contribution in [2.45, 2.75) is 30.6 Å². The van der Waals surface area contributed by atoms with Gasteiger partial charge in [0.25, 0.3) is 0 Å². The number of H-pyrrole nitrogens is 1. The predicted molar refractivity (Wildman–Crippen MR) is 85.5 cm³/mol. The highest BCUT2D eigenvalue weighted by molar-refractivity contribution is 7.89. The molecule has 1 aliphatic rings. The van der Waals surface area contributed by atoms with E-state index in [1.54, 1.807) is 6.20 Å². The van der Waals surface area contributed by atoms with Gasteiger partial charge in [0.1, 0.15) is 5.82 Å². The Labute approximate surface area is 139 Å². The van der Waals surface area contributed by atoms with Crippen LogP contribution in [-0.2, 0) is 10.0 Å². The molecule has 1 N–H and O–H groups in total. The lowest BCUT2D eigenvalue weighted by atomic mass is 9.94. The third kappa shape index (κ3) is 3.13. The summed E-state index contributed by atoms with van der Waals surface area (Å²) in [6.45, 7) is 2.77. The second-order valence-electron chi connectivity index (χ2n) is 5.74. The Bertz CT molecular complexity index is 822. The summed E-state index contributed by atoms with van der Waals surface area (Å²) in [7, 11) is -3.69. The number of hydrogen-bond donors (Lipinski definition) is 1. The van der Waals surface area contributed by atoms with Gasteiger partial charge in [0.15, 0.2) is 0 Å². The van der Waals surface area contributed by atoms with Crippen molar-refractivity contribution in [1.29, 1.82) is 0 Å². The van der Waals surface area contributed by atoms with Crippen molar-refractivity contribution >= 4 is 21.6 Å². The molecule has 5 nitrogen and oxygen atoms in total. The number of nitrogens with zero attached hydrogens (tertiary/aromatic N) is 2. The van der Waals surface area contributed by atoms with Crippen molar-refractivity contribution < 1.29 is 12.8 Å². The Morgan fingerprint density at radius 3 is 2.87 bits per heavy atom. The van der Waals surface area contributed by atoms with E-state index in [-0.39, 0.29) is 15.8 Å². The number of aromatic amines is 1. The standard InChI is InChI=1S/C15H17ClFN3O2S/c1-10-8-18-19-15(10)11-3-2-6-20(9-11)23(21,22)12-4-5-14(17)13(16)7-12/h4-5,7-8,11H,2-3,6,9H2,1H3,(H,18,19)/t11-/m0/s1. The second-order valence-corrected chi connectivity index (χ2v) is 8.09. The van der Waals surface area contributed by atoms with E-state index < -0.39 is 15.8 Å². The minimum absolute atomic E-state index is 0.0193. The third-order valence-electron chi connectivity index (χ3n) is 4.19. The third-order valence-corrected chi connectivity index (χ3v) is 6.34. The number of piperidine rings is 1. The van der Waals surface area contributed by atoms with Crippen molar-refractivity contribution in [3.63, 3.8) is 0 Å². The summed E-state index contributed by atoms with van der Waals surface area (Å²) < 4.78 is 40.2. The van der Waals surface area contributed by atoms with Gasteiger partial charge >= 0.3 is 0 Å². The molecular weight excluding hydrogens is 341 g/mol. The zero-order valence-corrected chi connectivity index (χ0v) is 14.2. The molecule has 0 radical (unpaired) electrons. The first-order chi connectivity index (χ1) is 10.9. The van der Waals surface area contributed by atoms with E-state index in [0.717, 1.165) is 36.2 Å². The van der Waals surface area contributed by atoms with Gasteiger partial charge in [-0.1, -0.05) is 11.6 Å². The number of benzene rings is 1. The molecule has 0 saturated carbocycles. The summed E-state index contributed by atoms with van der Waals surface area (Å²) in [5.74, 6) is -0.549. The zero-order valence-electron chi connectivity index (χ0n) is 12.6. The molecule has 0 aliphatic carbocycles. The summed E-state index contributed by atoms with van der Waals surface area (Å²) >= 11 is 5.72. The largest absolute Gasteiger partial charge is 0.282 e. The summed E-state index contributed by atoms with van der Waals surface area (Å²) in [6, 6.07) is 3.49. The van der Waals surface area contributed by atoms with Crippen molar-refractivity contribution in [2.24, 2.45) is 0 Å². The number of aromatic nitrogens is 2. The van der Waals surface area contributed by atoms with Gasteiger partial charge in [-0.05, 0) is 43.5 Å². The summed E-state index contributed by atoms with van der Waals surface area (Å²) in [6.07, 6.45) is 3.40. The van der Waals surface area contributed by atoms with E-state index >= 15 is 0 Å². The minimum atomic E-state index is -3.69. The molecule has 1 fully saturated rings. The molecule has 0 bridgehead atoms. The highest BCUT2D eigenvalue weighted by Gasteiger charge is 2.32. The van der Waals surface area contributed by atoms with Gasteiger partial charge in [-0.25, -0.2) is 12.8 Å². The number of aryl methyl sites for hydroxylation is 1. The molecule has 0 spiro atoms. The van der Waals surface area contributed by atoms with Gasteiger partial charge in [0.2, 0.25) is 10.0 Å². The molecule has 3 rings (SSSR count). The molecule has 23 heavy (non-hydrogen) atoms. The van der Waals surface area contributed by atoms with Crippen LogP contribution in [-0.4, -0.2) is 36.0 Å². The number of nitrogens with one attached hydrogen (secondary N) is 1. The van der Waals surface area contributed by atoms with Crippen LogP contribution in [0.5, 0.6) is 0 Å². The van der Waals surface area contributed by atoms with E-state index in [2.05, 4.69) is 10.2 Å². The molecule has 124 valence electrons. The van der Waals surface area contributed by atoms with Gasteiger partial charge < -0.3 is 0 Å². The van der Waals surface area contributed by atoms with Gasteiger partial charge in [-0.3, -0.25) is 5.10 Å². The average molecular weight is 358 g/mol. The van der Waals surface area contributed by atoms with Crippen LogP contribution < -0.4 is 0 Å². The molecule has 8 heteroatoms. The number of hydrogen-bond acceptors (Lipinski definition) is 3. The fourth-order valence-electron chi connectivity index (χ4n) is 2.95. The van der Waals surface area contributed by atoms with E-state index in [0.29, 0.717) is 13.1 Å². The van der Waals surface area contributed by atoms with Crippen LogP contribution >= 0.6 is 11.6 Å². The van der Waals surface area contributed by atoms with Crippen LogP contribution in [0, 0.1) is 12.7 Å². The average Bonchev–Trinajstić information content (AvgIpc) is 2.96. The highest BCUT2D eigenvalue weighted by Crippen LogP contribution is 2.31. The first-order valence-corrected chi connectivity index (χ1v) is 9.16. The van der Waals surface area contributed by atoms with Gasteiger partial charge in [-0.2, -0.15) is 9.40 Å². The fraction of sp³-hybridized carbons (Fsp3) is 0.400. The lowest BCUT2D eigenvalue weighted by Gasteiger charge is -2.31. The van der Waals surface area contributed by atoms with E-state index in [4.69, 9.17) is 11.6 Å². The number of sulfonamides is 1. The van der Waals surface area contributed by atoms with Crippen LogP contribution in [0.3, 0.4) is 0 Å². The maximum Gasteiger partial charge on any atom is 0.243 e. The SMILES string of the molecule is Cc1cn[nH]c1[C@H]1CCCN(S(=O)(=O)c2ccc(F)c(Cl)c2)C1. The maximum atomic E-state index is 13.3. The second kappa shape index (κ2) is 6.22. The number of halogens is 2. The van der Waals surface area contributed by atoms with Gasteiger partial charge in [0, 0.05) is 24.7 Å². The Hall–Kier alpha value is -1.44. The summed E-state index contributed by atoms with van der Waals surface area (Å²) in [5.41, 5.74) is 2.00. The molecule has 2 heterocycles. The smallest absolute Gasteiger partial charge is 0.243 e. The first-order valence-electron chi connectivity index (χ1n) is 7.34. The molecule has 1 aromatic carbocycles. The van der Waals surface area contributed by atoms with Crippen LogP contribution in [0.1, 0.15) is 30.0 Å². The Balaban J connectivity index is 1.88. The lowest BCUT2D eigenvalue weighted by molar-refractivity contribution is 0.312. The van der Waals surface area contributed by atoms with E-state index in [1.165, 1.54) is 10.4 Å². The van der Waals surface area contributed by atoms with Crippen molar-refractivity contribution in [2.75, 3.05) is 13.1 Å². The van der Waals surface area contributed by atoms with E-state index in [1.807, 2.05) is 6.92 Å². The number of rotatable bonds is 3. The summed E-state index contributed by atoms with van der Waals surface area (Å²) in [4.78, 5) is 0.0193. The maximum absolute atomic E-state index is 13.3. The topological polar surface area (TPSA) is 66.1 Å². The highest BCUT2D eigenvalue weighted by atomic mass is 35.5. The molecule has 1 aromatic heterocycles. The van der Waals surface area contributed by atoms with Crippen molar-refractivity contribution in [3.8, 4) is 0 Å². The fourth-order valence-corrected chi connectivity index (χ4v) is 4.75. The normalized spacial score (nSPS) is 19.9. The monoisotopic (exact) mass is 357 g/mol. The Morgan fingerprint density at radius 2 is 2.22 bits per heavy atom. The molecule has 2 aromatic rings. The quantitative estimate of drug-likeness (QED) is 0.918. The lowest BCUT2D eigenvalue weighted by Crippen LogP contribution is -2.39. The van der Waals surface area contributed by atoms with Crippen LogP contribution in [0.4, 0.5) is 4.39 Å². The van der Waals surface area contributed by atoms with Crippen LogP contribution in [0.25, 0.3) is 0 Å². The van der Waals surface area contributed by atoms with Gasteiger partial charge in [-0.15, -0.1) is 0 Å². The van der Waals surface area contributed by atoms with Crippen molar-refractivity contribution in [1.82, 2.24) is 14.5 Å².